The van der Waals surface area contributed by atoms with Crippen molar-refractivity contribution >= 4 is 34.1 Å². The summed E-state index contributed by atoms with van der Waals surface area (Å²) in [6.45, 7) is 4.40. The number of hydrogen-bond acceptors (Lipinski definition) is 4. The number of aromatic nitrogens is 1. The molecular weight excluding hydrogens is 366 g/mol. The summed E-state index contributed by atoms with van der Waals surface area (Å²) < 4.78 is 5.36. The lowest BCUT2D eigenvalue weighted by Crippen LogP contribution is -2.28. The van der Waals surface area contributed by atoms with Gasteiger partial charge in [0.25, 0.3) is 0 Å². The van der Waals surface area contributed by atoms with Gasteiger partial charge in [-0.1, -0.05) is 12.1 Å². The molecule has 1 aliphatic heterocycles. The van der Waals surface area contributed by atoms with Crippen LogP contribution >= 0.6 is 0 Å². The Kier molecular flexibility index (Phi) is 4.92. The summed E-state index contributed by atoms with van der Waals surface area (Å²) in [5.74, 6) is 0.0496. The molecular formula is C23H23N3O3. The van der Waals surface area contributed by atoms with E-state index in [1.807, 2.05) is 44.2 Å². The van der Waals surface area contributed by atoms with Crippen molar-refractivity contribution in [1.82, 2.24) is 4.98 Å². The molecule has 1 atom stereocenters. The molecule has 0 aliphatic carbocycles. The molecule has 0 saturated carbocycles. The Morgan fingerprint density at radius 3 is 2.79 bits per heavy atom. The average molecular weight is 389 g/mol. The number of benzene rings is 2. The van der Waals surface area contributed by atoms with Crippen molar-refractivity contribution in [2.45, 2.75) is 20.3 Å². The normalized spacial score (nSPS) is 16.3. The van der Waals surface area contributed by atoms with Crippen LogP contribution in [-0.4, -0.2) is 30.5 Å². The standard InChI is InChI=1S/C23H23N3O3/c1-14-6-4-8-19(15(14)2)26-13-16(12-21(26)27)23(28)25-18-9-10-20(29-3)22-17(18)7-5-11-24-22/h4-11,16H,12-13H2,1-3H3,(H,25,28). The van der Waals surface area contributed by atoms with Crippen LogP contribution in [0.15, 0.2) is 48.7 Å². The van der Waals surface area contributed by atoms with Gasteiger partial charge in [0.15, 0.2) is 0 Å². The van der Waals surface area contributed by atoms with E-state index in [9.17, 15) is 9.59 Å². The van der Waals surface area contributed by atoms with Crippen LogP contribution < -0.4 is 15.0 Å². The molecule has 29 heavy (non-hydrogen) atoms. The lowest BCUT2D eigenvalue weighted by Gasteiger charge is -2.20. The highest BCUT2D eigenvalue weighted by atomic mass is 16.5. The first-order valence-corrected chi connectivity index (χ1v) is 9.58. The molecule has 1 unspecified atom stereocenters. The maximum atomic E-state index is 12.9. The summed E-state index contributed by atoms with van der Waals surface area (Å²) >= 11 is 0. The van der Waals surface area contributed by atoms with Crippen LogP contribution in [0.2, 0.25) is 0 Å². The van der Waals surface area contributed by atoms with Gasteiger partial charge in [-0.15, -0.1) is 0 Å². The van der Waals surface area contributed by atoms with Gasteiger partial charge in [0.2, 0.25) is 11.8 Å². The van der Waals surface area contributed by atoms with Gasteiger partial charge in [-0.25, -0.2) is 0 Å². The predicted molar refractivity (Wildman–Crippen MR) is 113 cm³/mol. The molecule has 6 heteroatoms. The first kappa shape index (κ1) is 18.9. The average Bonchev–Trinajstić information content (AvgIpc) is 3.12. The van der Waals surface area contributed by atoms with Gasteiger partial charge in [0.05, 0.1) is 18.7 Å². The summed E-state index contributed by atoms with van der Waals surface area (Å²) in [7, 11) is 1.59. The maximum absolute atomic E-state index is 12.9. The number of carbonyl (C=O) groups excluding carboxylic acids is 2. The highest BCUT2D eigenvalue weighted by Crippen LogP contribution is 2.32. The molecule has 2 amide bonds. The van der Waals surface area contributed by atoms with Crippen LogP contribution in [0.25, 0.3) is 10.9 Å². The van der Waals surface area contributed by atoms with E-state index in [1.165, 1.54) is 0 Å². The van der Waals surface area contributed by atoms with Gasteiger partial charge in [-0.2, -0.15) is 0 Å². The number of nitrogens with zero attached hydrogens (tertiary/aromatic N) is 2. The molecule has 6 nitrogen and oxygen atoms in total. The minimum atomic E-state index is -0.406. The fourth-order valence-electron chi connectivity index (χ4n) is 3.80. The molecule has 2 heterocycles. The number of carbonyl (C=O) groups is 2. The van der Waals surface area contributed by atoms with E-state index in [0.29, 0.717) is 23.5 Å². The fraction of sp³-hybridized carbons (Fsp3) is 0.261. The Morgan fingerprint density at radius 2 is 2.00 bits per heavy atom. The van der Waals surface area contributed by atoms with Gasteiger partial charge in [-0.3, -0.25) is 14.6 Å². The largest absolute Gasteiger partial charge is 0.494 e. The molecule has 0 bridgehead atoms. The Morgan fingerprint density at radius 1 is 1.17 bits per heavy atom. The van der Waals surface area contributed by atoms with Gasteiger partial charge in [0, 0.05) is 30.2 Å². The van der Waals surface area contributed by atoms with E-state index in [4.69, 9.17) is 4.74 Å². The van der Waals surface area contributed by atoms with E-state index >= 15 is 0 Å². The molecule has 1 aromatic heterocycles. The summed E-state index contributed by atoms with van der Waals surface area (Å²) in [4.78, 5) is 31.6. The second-order valence-electron chi connectivity index (χ2n) is 7.33. The number of hydrogen-bond donors (Lipinski definition) is 1. The van der Waals surface area contributed by atoms with Gasteiger partial charge < -0.3 is 15.0 Å². The highest BCUT2D eigenvalue weighted by molar-refractivity contribution is 6.07. The zero-order valence-electron chi connectivity index (χ0n) is 16.7. The topological polar surface area (TPSA) is 71.5 Å². The third kappa shape index (κ3) is 3.42. The van der Waals surface area contributed by atoms with Gasteiger partial charge >= 0.3 is 0 Å². The second-order valence-corrected chi connectivity index (χ2v) is 7.33. The second kappa shape index (κ2) is 7.54. The molecule has 0 spiro atoms. The van der Waals surface area contributed by atoms with Gasteiger partial charge in [0.1, 0.15) is 11.3 Å². The number of anilines is 2. The maximum Gasteiger partial charge on any atom is 0.229 e. The van der Waals surface area contributed by atoms with Crippen LogP contribution in [0.4, 0.5) is 11.4 Å². The summed E-state index contributed by atoms with van der Waals surface area (Å²) in [5.41, 5.74) is 4.42. The Labute approximate surface area is 169 Å². The SMILES string of the molecule is COc1ccc(NC(=O)C2CC(=O)N(c3cccc(C)c3C)C2)c2cccnc12. The van der Waals surface area contributed by atoms with Crippen molar-refractivity contribution in [3.8, 4) is 5.75 Å². The third-order valence-corrected chi connectivity index (χ3v) is 5.57. The zero-order chi connectivity index (χ0) is 20.5. The van der Waals surface area contributed by atoms with Crippen molar-refractivity contribution < 1.29 is 14.3 Å². The minimum absolute atomic E-state index is 0.0277. The number of pyridine rings is 1. The number of ether oxygens (including phenoxy) is 1. The predicted octanol–water partition coefficient (Wildman–Crippen LogP) is 3.85. The molecule has 1 N–H and O–H groups in total. The summed E-state index contributed by atoms with van der Waals surface area (Å²) in [6, 6.07) is 13.2. The smallest absolute Gasteiger partial charge is 0.229 e. The summed E-state index contributed by atoms with van der Waals surface area (Å²) in [6.07, 6.45) is 1.89. The van der Waals surface area contributed by atoms with E-state index < -0.39 is 5.92 Å². The lowest BCUT2D eigenvalue weighted by molar-refractivity contribution is -0.122. The van der Waals surface area contributed by atoms with E-state index in [0.717, 1.165) is 22.2 Å². The fourth-order valence-corrected chi connectivity index (χ4v) is 3.80. The van der Waals surface area contributed by atoms with Crippen LogP contribution in [-0.2, 0) is 9.59 Å². The van der Waals surface area contributed by atoms with Crippen molar-refractivity contribution in [3.63, 3.8) is 0 Å². The number of methoxy groups -OCH3 is 1. The Bertz CT molecular complexity index is 1110. The number of aryl methyl sites for hydroxylation is 1. The van der Waals surface area contributed by atoms with E-state index in [1.54, 1.807) is 30.3 Å². The number of amides is 2. The number of nitrogens with one attached hydrogen (secondary N) is 1. The van der Waals surface area contributed by atoms with Crippen LogP contribution in [0, 0.1) is 19.8 Å². The number of fused-ring (bicyclic) bond motifs is 1. The van der Waals surface area contributed by atoms with Crippen molar-refractivity contribution in [2.24, 2.45) is 5.92 Å². The molecule has 1 aliphatic rings. The molecule has 1 saturated heterocycles. The van der Waals surface area contributed by atoms with E-state index in [-0.39, 0.29) is 18.2 Å². The zero-order valence-corrected chi connectivity index (χ0v) is 16.7. The molecule has 148 valence electrons. The van der Waals surface area contributed by atoms with E-state index in [2.05, 4.69) is 10.3 Å². The summed E-state index contributed by atoms with van der Waals surface area (Å²) in [5, 5.41) is 3.79. The lowest BCUT2D eigenvalue weighted by atomic mass is 10.1. The molecule has 2 aromatic carbocycles. The number of rotatable bonds is 4. The first-order chi connectivity index (χ1) is 14.0. The molecule has 0 radical (unpaired) electrons. The highest BCUT2D eigenvalue weighted by Gasteiger charge is 2.36. The van der Waals surface area contributed by atoms with Crippen molar-refractivity contribution in [1.29, 1.82) is 0 Å². The Balaban J connectivity index is 1.57. The molecule has 4 rings (SSSR count). The minimum Gasteiger partial charge on any atom is -0.494 e. The van der Waals surface area contributed by atoms with Gasteiger partial charge in [-0.05, 0) is 55.3 Å². The van der Waals surface area contributed by atoms with Crippen LogP contribution in [0.3, 0.4) is 0 Å². The molecule has 3 aromatic rings. The third-order valence-electron chi connectivity index (χ3n) is 5.57. The van der Waals surface area contributed by atoms with Crippen LogP contribution in [0.1, 0.15) is 17.5 Å². The van der Waals surface area contributed by atoms with Crippen molar-refractivity contribution in [3.05, 3.63) is 59.8 Å². The quantitative estimate of drug-likeness (QED) is 0.736. The monoisotopic (exact) mass is 389 g/mol. The first-order valence-electron chi connectivity index (χ1n) is 9.58. The van der Waals surface area contributed by atoms with Crippen LogP contribution in [0.5, 0.6) is 5.75 Å². The Hall–Kier alpha value is -3.41. The molecule has 1 fully saturated rings. The van der Waals surface area contributed by atoms with Crippen molar-refractivity contribution in [2.75, 3.05) is 23.9 Å².